The van der Waals surface area contributed by atoms with Gasteiger partial charge in [-0.05, 0) is 30.5 Å². The maximum atomic E-state index is 13.1. The Hall–Kier alpha value is -3.52. The highest BCUT2D eigenvalue weighted by atomic mass is 16.5. The minimum atomic E-state index is -0.0806. The molecular weight excluding hydrogens is 394 g/mol. The van der Waals surface area contributed by atoms with Gasteiger partial charge in [-0.3, -0.25) is 9.78 Å². The third-order valence-corrected chi connectivity index (χ3v) is 5.71. The lowest BCUT2D eigenvalue weighted by molar-refractivity contribution is 0.0988. The van der Waals surface area contributed by atoms with Crippen molar-refractivity contribution in [3.8, 4) is 11.1 Å². The Bertz CT molecular complexity index is 1210. The van der Waals surface area contributed by atoms with Crippen LogP contribution >= 0.6 is 0 Å². The van der Waals surface area contributed by atoms with E-state index in [1.807, 2.05) is 6.07 Å². The molecule has 8 heteroatoms. The number of pyridine rings is 2. The lowest BCUT2D eigenvalue weighted by atomic mass is 9.95. The lowest BCUT2D eigenvalue weighted by Gasteiger charge is -2.37. The van der Waals surface area contributed by atoms with Crippen molar-refractivity contribution in [2.75, 3.05) is 18.0 Å². The Labute approximate surface area is 179 Å². The van der Waals surface area contributed by atoms with E-state index in [-0.39, 0.29) is 18.2 Å². The fourth-order valence-electron chi connectivity index (χ4n) is 4.34. The minimum Gasteiger partial charge on any atom is -0.462 e. The van der Waals surface area contributed by atoms with Crippen molar-refractivity contribution in [2.45, 2.75) is 25.8 Å². The molecule has 0 unspecified atom stereocenters. The number of aromatic nitrogens is 3. The zero-order valence-electron chi connectivity index (χ0n) is 17.2. The Morgan fingerprint density at radius 1 is 1.23 bits per heavy atom. The molecule has 31 heavy (non-hydrogen) atoms. The number of rotatable bonds is 5. The summed E-state index contributed by atoms with van der Waals surface area (Å²) in [4.78, 5) is 24.2. The summed E-state index contributed by atoms with van der Waals surface area (Å²) in [5, 5.41) is 3.73. The topological polar surface area (TPSA) is 111 Å². The molecule has 1 aliphatic heterocycles. The number of carbonyl (C=O) groups is 1. The zero-order chi connectivity index (χ0) is 21.4. The Morgan fingerprint density at radius 2 is 2.13 bits per heavy atom. The molecule has 4 aromatic rings. The predicted octanol–water partition coefficient (Wildman–Crippen LogP) is 3.48. The number of fused-ring (bicyclic) bond motifs is 1. The van der Waals surface area contributed by atoms with Crippen molar-refractivity contribution in [1.82, 2.24) is 15.1 Å². The number of hydrogen-bond acceptors (Lipinski definition) is 8. The first-order chi connectivity index (χ1) is 15.1. The number of anilines is 1. The summed E-state index contributed by atoms with van der Waals surface area (Å²) < 4.78 is 10.5. The summed E-state index contributed by atoms with van der Waals surface area (Å²) in [7, 11) is 0. The van der Waals surface area contributed by atoms with E-state index >= 15 is 0 Å². The van der Waals surface area contributed by atoms with E-state index in [0.717, 1.165) is 41.9 Å². The second-order valence-corrected chi connectivity index (χ2v) is 8.22. The SMILES string of the molecule is C[C@@H]1C[C@H](N)CN(c2ccncc2CC(=O)c2ccc3occ(-c4cnoc4)c3n2)C1. The molecule has 0 spiro atoms. The first-order valence-electron chi connectivity index (χ1n) is 10.3. The zero-order valence-corrected chi connectivity index (χ0v) is 17.2. The quantitative estimate of drug-likeness (QED) is 0.491. The van der Waals surface area contributed by atoms with Crippen molar-refractivity contribution >= 4 is 22.6 Å². The molecule has 1 saturated heterocycles. The molecule has 2 N–H and O–H groups in total. The number of piperidine rings is 1. The van der Waals surface area contributed by atoms with E-state index in [1.54, 1.807) is 37.0 Å². The van der Waals surface area contributed by atoms with Crippen LogP contribution < -0.4 is 10.6 Å². The molecule has 0 radical (unpaired) electrons. The third kappa shape index (κ3) is 3.82. The molecule has 1 fully saturated rings. The number of Topliss-reactive ketones (excluding diaryl/α,β-unsaturated/α-hetero) is 1. The summed E-state index contributed by atoms with van der Waals surface area (Å²) in [6, 6.07) is 5.55. The fourth-order valence-corrected chi connectivity index (χ4v) is 4.34. The molecular formula is C23H23N5O3. The van der Waals surface area contributed by atoms with Crippen molar-refractivity contribution in [1.29, 1.82) is 0 Å². The molecule has 0 aromatic carbocycles. The smallest absolute Gasteiger partial charge is 0.185 e. The molecule has 0 saturated carbocycles. The van der Waals surface area contributed by atoms with Gasteiger partial charge in [0.2, 0.25) is 0 Å². The summed E-state index contributed by atoms with van der Waals surface area (Å²) in [6.07, 6.45) is 9.45. The van der Waals surface area contributed by atoms with Crippen LogP contribution in [-0.4, -0.2) is 40.0 Å². The van der Waals surface area contributed by atoms with Gasteiger partial charge >= 0.3 is 0 Å². The average Bonchev–Trinajstić information content (AvgIpc) is 3.42. The Kier molecular flexibility index (Phi) is 4.99. The maximum Gasteiger partial charge on any atom is 0.185 e. The van der Waals surface area contributed by atoms with Crippen LogP contribution in [-0.2, 0) is 6.42 Å². The number of nitrogens with zero attached hydrogens (tertiary/aromatic N) is 4. The van der Waals surface area contributed by atoms with Gasteiger partial charge in [-0.1, -0.05) is 12.1 Å². The van der Waals surface area contributed by atoms with Crippen molar-refractivity contribution in [3.05, 3.63) is 60.6 Å². The van der Waals surface area contributed by atoms with E-state index < -0.39 is 0 Å². The highest BCUT2D eigenvalue weighted by Crippen LogP contribution is 2.30. The molecule has 2 atom stereocenters. The molecule has 0 bridgehead atoms. The molecule has 8 nitrogen and oxygen atoms in total. The standard InChI is InChI=1S/C23H23N5O3/c1-14-6-17(24)11-28(10-14)20-4-5-25-8-15(20)7-21(29)19-2-3-22-23(27-19)18(13-30-22)16-9-26-31-12-16/h2-5,8-9,12-14,17H,6-7,10-11,24H2,1H3/t14-,17+/m1/s1. The highest BCUT2D eigenvalue weighted by molar-refractivity contribution is 5.99. The molecule has 0 aliphatic carbocycles. The molecule has 5 rings (SSSR count). The second kappa shape index (κ2) is 7.96. The van der Waals surface area contributed by atoms with E-state index in [9.17, 15) is 4.79 Å². The second-order valence-electron chi connectivity index (χ2n) is 8.22. The van der Waals surface area contributed by atoms with Crippen LogP contribution in [0.15, 0.2) is 58.3 Å². The predicted molar refractivity (Wildman–Crippen MR) is 116 cm³/mol. The number of hydrogen-bond donors (Lipinski definition) is 1. The van der Waals surface area contributed by atoms with Gasteiger partial charge in [0.25, 0.3) is 0 Å². The summed E-state index contributed by atoms with van der Waals surface area (Å²) in [6.45, 7) is 3.90. The van der Waals surface area contributed by atoms with E-state index in [0.29, 0.717) is 22.7 Å². The van der Waals surface area contributed by atoms with E-state index in [2.05, 4.69) is 26.9 Å². The fraction of sp³-hybridized carbons (Fsp3) is 0.304. The molecule has 0 amide bonds. The van der Waals surface area contributed by atoms with Crippen LogP contribution in [0.4, 0.5) is 5.69 Å². The van der Waals surface area contributed by atoms with Crippen molar-refractivity contribution < 1.29 is 13.7 Å². The van der Waals surface area contributed by atoms with Crippen molar-refractivity contribution in [3.63, 3.8) is 0 Å². The van der Waals surface area contributed by atoms with E-state index in [1.165, 1.54) is 6.26 Å². The summed E-state index contributed by atoms with van der Waals surface area (Å²) in [5.74, 6) is 0.421. The number of furan rings is 1. The van der Waals surface area contributed by atoms with Crippen LogP contribution in [0.2, 0.25) is 0 Å². The van der Waals surface area contributed by atoms with Gasteiger partial charge in [-0.25, -0.2) is 4.98 Å². The van der Waals surface area contributed by atoms with Gasteiger partial charge in [-0.15, -0.1) is 0 Å². The Balaban J connectivity index is 1.43. The van der Waals surface area contributed by atoms with Gasteiger partial charge in [0, 0.05) is 54.8 Å². The Morgan fingerprint density at radius 3 is 2.94 bits per heavy atom. The number of nitrogens with two attached hydrogens (primary N) is 1. The normalized spacial score (nSPS) is 19.1. The van der Waals surface area contributed by atoms with Crippen LogP contribution in [0.1, 0.15) is 29.4 Å². The largest absolute Gasteiger partial charge is 0.462 e. The van der Waals surface area contributed by atoms with Crippen LogP contribution in [0.5, 0.6) is 0 Å². The molecule has 4 aromatic heterocycles. The van der Waals surface area contributed by atoms with Gasteiger partial charge in [0.1, 0.15) is 23.7 Å². The van der Waals surface area contributed by atoms with Crippen LogP contribution in [0.3, 0.4) is 0 Å². The monoisotopic (exact) mass is 417 g/mol. The minimum absolute atomic E-state index is 0.0806. The average molecular weight is 417 g/mol. The maximum absolute atomic E-state index is 13.1. The first kappa shape index (κ1) is 19.4. The van der Waals surface area contributed by atoms with Crippen LogP contribution in [0.25, 0.3) is 22.2 Å². The number of carbonyl (C=O) groups excluding carboxylic acids is 1. The third-order valence-electron chi connectivity index (χ3n) is 5.71. The van der Waals surface area contributed by atoms with Gasteiger partial charge < -0.3 is 19.6 Å². The lowest BCUT2D eigenvalue weighted by Crippen LogP contribution is -2.46. The van der Waals surface area contributed by atoms with Gasteiger partial charge in [0.05, 0.1) is 11.8 Å². The van der Waals surface area contributed by atoms with Crippen molar-refractivity contribution in [2.24, 2.45) is 11.7 Å². The highest BCUT2D eigenvalue weighted by Gasteiger charge is 2.25. The summed E-state index contributed by atoms with van der Waals surface area (Å²) >= 11 is 0. The number of ketones is 1. The van der Waals surface area contributed by atoms with Gasteiger partial charge in [-0.2, -0.15) is 0 Å². The van der Waals surface area contributed by atoms with Gasteiger partial charge in [0.15, 0.2) is 11.4 Å². The first-order valence-corrected chi connectivity index (χ1v) is 10.3. The summed E-state index contributed by atoms with van der Waals surface area (Å²) in [5.41, 5.74) is 11.2. The molecule has 1 aliphatic rings. The molecule has 158 valence electrons. The molecule has 5 heterocycles. The van der Waals surface area contributed by atoms with Crippen LogP contribution in [0, 0.1) is 5.92 Å². The van der Waals surface area contributed by atoms with E-state index in [4.69, 9.17) is 14.7 Å².